The Morgan fingerprint density at radius 3 is 2.69 bits per heavy atom. The van der Waals surface area contributed by atoms with Crippen LogP contribution in [0.25, 0.3) is 0 Å². The largest absolute Gasteiger partial charge is 0.299 e. The standard InChI is InChI=1S/C12H18O/c1-8(2)12-6-4-5-11(13)10(12)7-9(12)3/h8,10H,3-7H2,1-2H3/t10-,12+/m0/s1. The third-order valence-electron chi connectivity index (χ3n) is 4.16. The van der Waals surface area contributed by atoms with Gasteiger partial charge in [0.15, 0.2) is 0 Å². The zero-order valence-electron chi connectivity index (χ0n) is 8.60. The van der Waals surface area contributed by atoms with E-state index < -0.39 is 0 Å². The minimum absolute atomic E-state index is 0.204. The van der Waals surface area contributed by atoms with Crippen LogP contribution in [0.5, 0.6) is 0 Å². The average Bonchev–Trinajstić information content (AvgIpc) is 2.06. The molecule has 0 unspecified atom stereocenters. The maximum atomic E-state index is 11.7. The predicted molar refractivity (Wildman–Crippen MR) is 53.4 cm³/mol. The van der Waals surface area contributed by atoms with Crippen molar-refractivity contribution in [3.05, 3.63) is 12.2 Å². The molecule has 2 aliphatic carbocycles. The fourth-order valence-electron chi connectivity index (χ4n) is 3.31. The third-order valence-corrected chi connectivity index (χ3v) is 4.16. The molecular formula is C12H18O. The summed E-state index contributed by atoms with van der Waals surface area (Å²) in [5.74, 6) is 1.41. The van der Waals surface area contributed by atoms with Crippen molar-refractivity contribution in [3.63, 3.8) is 0 Å². The number of hydrogen-bond acceptors (Lipinski definition) is 1. The molecule has 2 aliphatic rings. The summed E-state index contributed by atoms with van der Waals surface area (Å²) in [5.41, 5.74) is 1.54. The van der Waals surface area contributed by atoms with Crippen LogP contribution in [0.4, 0.5) is 0 Å². The van der Waals surface area contributed by atoms with E-state index in [-0.39, 0.29) is 5.41 Å². The first-order valence-electron chi connectivity index (χ1n) is 5.30. The van der Waals surface area contributed by atoms with Gasteiger partial charge in [0.25, 0.3) is 0 Å². The van der Waals surface area contributed by atoms with Crippen molar-refractivity contribution in [2.24, 2.45) is 17.3 Å². The highest BCUT2D eigenvalue weighted by Crippen LogP contribution is 2.61. The quantitative estimate of drug-likeness (QED) is 0.564. The summed E-state index contributed by atoms with van der Waals surface area (Å²) in [7, 11) is 0. The van der Waals surface area contributed by atoms with Gasteiger partial charge in [0.2, 0.25) is 0 Å². The Labute approximate surface area is 80.2 Å². The molecule has 0 N–H and O–H groups in total. The first kappa shape index (κ1) is 8.98. The van der Waals surface area contributed by atoms with Crippen LogP contribution in [-0.4, -0.2) is 5.78 Å². The van der Waals surface area contributed by atoms with Crippen LogP contribution >= 0.6 is 0 Å². The zero-order chi connectivity index (χ0) is 9.64. The summed E-state index contributed by atoms with van der Waals surface area (Å²) >= 11 is 0. The Morgan fingerprint density at radius 2 is 2.23 bits per heavy atom. The first-order chi connectivity index (χ1) is 6.09. The van der Waals surface area contributed by atoms with Crippen molar-refractivity contribution in [1.82, 2.24) is 0 Å². The molecule has 2 atom stereocenters. The number of hydrogen-bond donors (Lipinski definition) is 0. The van der Waals surface area contributed by atoms with Gasteiger partial charge in [-0.15, -0.1) is 0 Å². The summed E-state index contributed by atoms with van der Waals surface area (Å²) in [4.78, 5) is 11.7. The lowest BCUT2D eigenvalue weighted by Crippen LogP contribution is -2.52. The fourth-order valence-corrected chi connectivity index (χ4v) is 3.31. The van der Waals surface area contributed by atoms with E-state index in [9.17, 15) is 4.79 Å². The second-order valence-corrected chi connectivity index (χ2v) is 4.88. The normalized spacial score (nSPS) is 38.8. The van der Waals surface area contributed by atoms with E-state index in [1.54, 1.807) is 0 Å². The van der Waals surface area contributed by atoms with Gasteiger partial charge in [-0.25, -0.2) is 0 Å². The molecule has 0 spiro atoms. The highest BCUT2D eigenvalue weighted by Gasteiger charge is 2.55. The van der Waals surface area contributed by atoms with Crippen molar-refractivity contribution in [2.75, 3.05) is 0 Å². The molecule has 0 aromatic rings. The predicted octanol–water partition coefficient (Wildman–Crippen LogP) is 2.96. The molecule has 72 valence electrons. The van der Waals surface area contributed by atoms with Crippen molar-refractivity contribution in [2.45, 2.75) is 39.5 Å². The van der Waals surface area contributed by atoms with Crippen LogP contribution in [0.2, 0.25) is 0 Å². The topological polar surface area (TPSA) is 17.1 Å². The molecular weight excluding hydrogens is 160 g/mol. The molecule has 0 aromatic carbocycles. The Kier molecular flexibility index (Phi) is 1.86. The van der Waals surface area contributed by atoms with Crippen LogP contribution < -0.4 is 0 Å². The SMILES string of the molecule is C=C1C[C@H]2C(=O)CCC[C@@]12C(C)C. The van der Waals surface area contributed by atoms with Gasteiger partial charge >= 0.3 is 0 Å². The number of fused-ring (bicyclic) bond motifs is 1. The summed E-state index contributed by atoms with van der Waals surface area (Å²) in [6.45, 7) is 8.58. The number of carbonyl (C=O) groups excluding carboxylic acids is 1. The summed E-state index contributed by atoms with van der Waals surface area (Å²) in [5, 5.41) is 0. The second kappa shape index (κ2) is 2.70. The lowest BCUT2D eigenvalue weighted by Gasteiger charge is -2.56. The summed E-state index contributed by atoms with van der Waals surface area (Å²) < 4.78 is 0. The summed E-state index contributed by atoms with van der Waals surface area (Å²) in [6.07, 6.45) is 4.05. The van der Waals surface area contributed by atoms with E-state index in [1.165, 1.54) is 12.0 Å². The van der Waals surface area contributed by atoms with Crippen molar-refractivity contribution in [3.8, 4) is 0 Å². The Morgan fingerprint density at radius 1 is 1.54 bits per heavy atom. The molecule has 2 fully saturated rings. The molecule has 13 heavy (non-hydrogen) atoms. The van der Waals surface area contributed by atoms with Crippen LogP contribution in [0, 0.1) is 17.3 Å². The van der Waals surface area contributed by atoms with E-state index in [4.69, 9.17) is 0 Å². The molecule has 0 aromatic heterocycles. The van der Waals surface area contributed by atoms with Crippen molar-refractivity contribution in [1.29, 1.82) is 0 Å². The maximum absolute atomic E-state index is 11.7. The number of allylic oxidation sites excluding steroid dienone is 1. The Balaban J connectivity index is 2.31. The average molecular weight is 178 g/mol. The molecule has 0 heterocycles. The van der Waals surface area contributed by atoms with Crippen LogP contribution in [-0.2, 0) is 4.79 Å². The fraction of sp³-hybridized carbons (Fsp3) is 0.750. The Bertz CT molecular complexity index is 264. The van der Waals surface area contributed by atoms with Crippen LogP contribution in [0.1, 0.15) is 39.5 Å². The minimum atomic E-state index is 0.204. The van der Waals surface area contributed by atoms with Gasteiger partial charge in [0.05, 0.1) is 0 Å². The minimum Gasteiger partial charge on any atom is -0.299 e. The van der Waals surface area contributed by atoms with E-state index in [2.05, 4.69) is 20.4 Å². The molecule has 0 saturated heterocycles. The highest BCUT2D eigenvalue weighted by atomic mass is 16.1. The van der Waals surface area contributed by atoms with E-state index in [0.29, 0.717) is 17.6 Å². The zero-order valence-corrected chi connectivity index (χ0v) is 8.60. The second-order valence-electron chi connectivity index (χ2n) is 4.88. The van der Waals surface area contributed by atoms with E-state index >= 15 is 0 Å². The van der Waals surface area contributed by atoms with Gasteiger partial charge in [-0.3, -0.25) is 4.79 Å². The summed E-state index contributed by atoms with van der Waals surface area (Å²) in [6, 6.07) is 0. The molecule has 0 amide bonds. The van der Waals surface area contributed by atoms with Crippen molar-refractivity contribution >= 4 is 5.78 Å². The molecule has 0 radical (unpaired) electrons. The van der Waals surface area contributed by atoms with Gasteiger partial charge in [-0.2, -0.15) is 0 Å². The molecule has 1 heteroatoms. The monoisotopic (exact) mass is 178 g/mol. The molecule has 0 bridgehead atoms. The number of Topliss-reactive ketones (excluding diaryl/α,β-unsaturated/α-hetero) is 1. The maximum Gasteiger partial charge on any atom is 0.137 e. The van der Waals surface area contributed by atoms with Crippen LogP contribution in [0.3, 0.4) is 0 Å². The van der Waals surface area contributed by atoms with Crippen molar-refractivity contribution < 1.29 is 4.79 Å². The lowest BCUT2D eigenvalue weighted by molar-refractivity contribution is -0.136. The Hall–Kier alpha value is -0.590. The van der Waals surface area contributed by atoms with Gasteiger partial charge in [0, 0.05) is 17.8 Å². The first-order valence-corrected chi connectivity index (χ1v) is 5.30. The number of rotatable bonds is 1. The van der Waals surface area contributed by atoms with Crippen LogP contribution in [0.15, 0.2) is 12.2 Å². The highest BCUT2D eigenvalue weighted by molar-refractivity contribution is 5.85. The van der Waals surface area contributed by atoms with Gasteiger partial charge in [-0.1, -0.05) is 26.0 Å². The molecule has 2 saturated carbocycles. The molecule has 1 nitrogen and oxygen atoms in total. The number of carbonyl (C=O) groups is 1. The smallest absolute Gasteiger partial charge is 0.137 e. The molecule has 2 rings (SSSR count). The van der Waals surface area contributed by atoms with Gasteiger partial charge in [-0.05, 0) is 25.2 Å². The molecule has 0 aliphatic heterocycles. The van der Waals surface area contributed by atoms with Gasteiger partial charge < -0.3 is 0 Å². The number of ketones is 1. The van der Waals surface area contributed by atoms with Gasteiger partial charge in [0.1, 0.15) is 5.78 Å². The van der Waals surface area contributed by atoms with E-state index in [0.717, 1.165) is 19.3 Å². The third kappa shape index (κ3) is 0.962. The lowest BCUT2D eigenvalue weighted by atomic mass is 9.47. The van der Waals surface area contributed by atoms with E-state index in [1.807, 2.05) is 0 Å².